The third-order valence-corrected chi connectivity index (χ3v) is 4.53. The Hall–Kier alpha value is -1.01. The van der Waals surface area contributed by atoms with Crippen LogP contribution in [0.5, 0.6) is 0 Å². The molecule has 0 amide bonds. The van der Waals surface area contributed by atoms with E-state index in [-0.39, 0.29) is 0 Å². The van der Waals surface area contributed by atoms with E-state index in [4.69, 9.17) is 23.4 Å². The minimum Gasteiger partial charge on any atom is -0.323 e. The Morgan fingerprint density at radius 3 is 2.68 bits per heavy atom. The Bertz CT molecular complexity index is 692. The molecule has 0 saturated carbocycles. The molecule has 0 aliphatic carbocycles. The third-order valence-electron chi connectivity index (χ3n) is 3.03. The fourth-order valence-corrected chi connectivity index (χ4v) is 2.81. The summed E-state index contributed by atoms with van der Waals surface area (Å²) in [6, 6.07) is 13.5. The summed E-state index contributed by atoms with van der Waals surface area (Å²) in [7, 11) is 1.86. The lowest BCUT2D eigenvalue weighted by Gasteiger charge is -2.22. The van der Waals surface area contributed by atoms with E-state index >= 15 is 0 Å². The zero-order valence-electron chi connectivity index (χ0n) is 12.0. The van der Waals surface area contributed by atoms with Gasteiger partial charge in [-0.1, -0.05) is 17.7 Å². The van der Waals surface area contributed by atoms with Crippen molar-refractivity contribution in [2.75, 3.05) is 23.5 Å². The molecule has 0 unspecified atom stereocenters. The van der Waals surface area contributed by atoms with Gasteiger partial charge in [0, 0.05) is 34.3 Å². The van der Waals surface area contributed by atoms with Crippen molar-refractivity contribution in [3.63, 3.8) is 0 Å². The van der Waals surface area contributed by atoms with E-state index in [1.165, 1.54) is 0 Å². The number of nitrogens with one attached hydrogen (secondary N) is 1. The Morgan fingerprint density at radius 1 is 1.27 bits per heavy atom. The Labute approximate surface area is 150 Å². The molecule has 0 radical (unpaired) electrons. The van der Waals surface area contributed by atoms with Gasteiger partial charge in [0.25, 0.3) is 0 Å². The predicted octanol–water partition coefficient (Wildman–Crippen LogP) is 5.41. The maximum absolute atomic E-state index is 6.23. The van der Waals surface area contributed by atoms with Crippen LogP contribution in [0.25, 0.3) is 0 Å². The van der Waals surface area contributed by atoms with Crippen LogP contribution in [0.2, 0.25) is 5.02 Å². The summed E-state index contributed by atoms with van der Waals surface area (Å²) in [5.74, 6) is 0.473. The Kier molecular flexibility index (Phi) is 6.32. The van der Waals surface area contributed by atoms with E-state index in [2.05, 4.69) is 22.5 Å². The van der Waals surface area contributed by atoms with Crippen LogP contribution in [-0.2, 0) is 0 Å². The number of thiol groups is 1. The maximum atomic E-state index is 6.23. The number of rotatable bonds is 3. The number of nitrogens with zero attached hydrogens (tertiary/aromatic N) is 2. The standard InChI is InChI=1S/C15H15Cl2N3S2/c1-20(10-4-3-5-11(21)8-10)15(19-17)18-14-9-12(22-2)6-7-13(14)16/h3-9,21H,1-2H3,(H,18,19). The molecule has 0 aliphatic rings. The molecule has 0 fully saturated rings. The molecule has 1 N–H and O–H groups in total. The van der Waals surface area contributed by atoms with Gasteiger partial charge in [-0.25, -0.2) is 0 Å². The molecule has 7 heteroatoms. The number of guanidine groups is 1. The van der Waals surface area contributed by atoms with Gasteiger partial charge in [-0.2, -0.15) is 0 Å². The van der Waals surface area contributed by atoms with Gasteiger partial charge < -0.3 is 10.2 Å². The first-order valence-corrected chi connectivity index (χ1v) is 8.76. The van der Waals surface area contributed by atoms with E-state index in [0.717, 1.165) is 21.2 Å². The summed E-state index contributed by atoms with van der Waals surface area (Å²) in [5.41, 5.74) is 1.67. The number of benzene rings is 2. The molecule has 2 aromatic carbocycles. The van der Waals surface area contributed by atoms with Crippen LogP contribution < -0.4 is 10.2 Å². The topological polar surface area (TPSA) is 27.6 Å². The molecule has 0 atom stereocenters. The maximum Gasteiger partial charge on any atom is 0.220 e. The number of anilines is 2. The zero-order chi connectivity index (χ0) is 16.1. The van der Waals surface area contributed by atoms with E-state index < -0.39 is 0 Å². The highest BCUT2D eigenvalue weighted by Crippen LogP contribution is 2.28. The van der Waals surface area contributed by atoms with Crippen LogP contribution >= 0.6 is 47.8 Å². The fraction of sp³-hybridized carbons (Fsp3) is 0.133. The summed E-state index contributed by atoms with van der Waals surface area (Å²) in [5, 5.41) is 3.77. The first-order chi connectivity index (χ1) is 10.5. The zero-order valence-corrected chi connectivity index (χ0v) is 15.3. The Balaban J connectivity index is 2.26. The normalized spacial score (nSPS) is 11.4. The van der Waals surface area contributed by atoms with Crippen molar-refractivity contribution in [3.8, 4) is 0 Å². The van der Waals surface area contributed by atoms with E-state index in [1.807, 2.05) is 60.7 Å². The molecule has 0 aromatic heterocycles. The molecular weight excluding hydrogens is 357 g/mol. The van der Waals surface area contributed by atoms with E-state index in [9.17, 15) is 0 Å². The van der Waals surface area contributed by atoms with Crippen molar-refractivity contribution in [3.05, 3.63) is 47.5 Å². The van der Waals surface area contributed by atoms with Gasteiger partial charge in [0.05, 0.1) is 10.7 Å². The minimum absolute atomic E-state index is 0.473. The first-order valence-electron chi connectivity index (χ1n) is 6.37. The van der Waals surface area contributed by atoms with Gasteiger partial charge >= 0.3 is 0 Å². The lowest BCUT2D eigenvalue weighted by atomic mass is 10.3. The quantitative estimate of drug-likeness (QED) is 0.327. The molecule has 0 saturated heterocycles. The molecule has 0 spiro atoms. The van der Waals surface area contributed by atoms with Crippen LogP contribution in [0.3, 0.4) is 0 Å². The van der Waals surface area contributed by atoms with E-state index in [0.29, 0.717) is 11.0 Å². The van der Waals surface area contributed by atoms with Crippen LogP contribution in [0, 0.1) is 0 Å². The molecule has 116 valence electrons. The molecular formula is C15H15Cl2N3S2. The summed E-state index contributed by atoms with van der Waals surface area (Å²) < 4.78 is 3.80. The monoisotopic (exact) mass is 371 g/mol. The highest BCUT2D eigenvalue weighted by molar-refractivity contribution is 7.98. The second kappa shape index (κ2) is 8.02. The molecule has 0 heterocycles. The first kappa shape index (κ1) is 17.3. The lowest BCUT2D eigenvalue weighted by molar-refractivity contribution is 1.23. The van der Waals surface area contributed by atoms with E-state index in [1.54, 1.807) is 11.8 Å². The second-order valence-corrected chi connectivity index (χ2v) is 6.43. The largest absolute Gasteiger partial charge is 0.323 e. The number of thioether (sulfide) groups is 1. The van der Waals surface area contributed by atoms with Crippen molar-refractivity contribution in [2.24, 2.45) is 4.51 Å². The van der Waals surface area contributed by atoms with Crippen molar-refractivity contribution in [1.82, 2.24) is 0 Å². The smallest absolute Gasteiger partial charge is 0.220 e. The highest BCUT2D eigenvalue weighted by atomic mass is 35.5. The average molecular weight is 372 g/mol. The van der Waals surface area contributed by atoms with Crippen molar-refractivity contribution in [1.29, 1.82) is 0 Å². The fourth-order valence-electron chi connectivity index (χ4n) is 1.83. The molecule has 2 rings (SSSR count). The highest BCUT2D eigenvalue weighted by Gasteiger charge is 2.12. The lowest BCUT2D eigenvalue weighted by Crippen LogP contribution is -2.32. The molecule has 22 heavy (non-hydrogen) atoms. The molecule has 0 aliphatic heterocycles. The van der Waals surface area contributed by atoms with Crippen molar-refractivity contribution >= 4 is 65.1 Å². The van der Waals surface area contributed by atoms with Crippen LogP contribution in [0.15, 0.2) is 56.8 Å². The predicted molar refractivity (Wildman–Crippen MR) is 102 cm³/mol. The van der Waals surface area contributed by atoms with Gasteiger partial charge in [0.15, 0.2) is 0 Å². The SMILES string of the molecule is CSc1ccc(Cl)c(N/C(=N/Cl)N(C)c2cccc(S)c2)c1. The van der Waals surface area contributed by atoms with Gasteiger partial charge in [0.2, 0.25) is 5.96 Å². The second-order valence-electron chi connectivity index (χ2n) is 4.46. The Morgan fingerprint density at radius 2 is 2.05 bits per heavy atom. The van der Waals surface area contributed by atoms with Crippen LogP contribution in [0.4, 0.5) is 11.4 Å². The number of hydrogen-bond acceptors (Lipinski definition) is 3. The molecule has 2 aromatic rings. The molecule has 3 nitrogen and oxygen atoms in total. The summed E-state index contributed by atoms with van der Waals surface area (Å²) in [6.45, 7) is 0. The summed E-state index contributed by atoms with van der Waals surface area (Å²) in [4.78, 5) is 3.79. The summed E-state index contributed by atoms with van der Waals surface area (Å²) in [6.07, 6.45) is 2.01. The number of hydrogen-bond donors (Lipinski definition) is 2. The molecule has 0 bridgehead atoms. The average Bonchev–Trinajstić information content (AvgIpc) is 2.53. The van der Waals surface area contributed by atoms with Gasteiger partial charge in [-0.05, 0) is 42.7 Å². The summed E-state index contributed by atoms with van der Waals surface area (Å²) >= 11 is 18.0. The van der Waals surface area contributed by atoms with Gasteiger partial charge in [-0.3, -0.25) is 0 Å². The van der Waals surface area contributed by atoms with Crippen molar-refractivity contribution in [2.45, 2.75) is 9.79 Å². The number of halogens is 2. The third kappa shape index (κ3) is 4.26. The van der Waals surface area contributed by atoms with Gasteiger partial charge in [0.1, 0.15) is 0 Å². The van der Waals surface area contributed by atoms with Crippen molar-refractivity contribution < 1.29 is 0 Å². The van der Waals surface area contributed by atoms with Gasteiger partial charge in [-0.15, -0.1) is 28.9 Å². The minimum atomic E-state index is 0.473. The van der Waals surface area contributed by atoms with Crippen LogP contribution in [0.1, 0.15) is 0 Å². The van der Waals surface area contributed by atoms with Crippen LogP contribution in [-0.4, -0.2) is 19.3 Å².